The lowest BCUT2D eigenvalue weighted by Crippen LogP contribution is -2.53. The molecule has 0 heterocycles. The fourth-order valence-corrected chi connectivity index (χ4v) is 6.32. The predicted octanol–water partition coefficient (Wildman–Crippen LogP) is 5.93. The summed E-state index contributed by atoms with van der Waals surface area (Å²) in [6.45, 7) is 4.98. The molecule has 0 aliphatic rings. The maximum absolute atomic E-state index is 14.2. The van der Waals surface area contributed by atoms with Gasteiger partial charge in [-0.15, -0.1) is 0 Å². The summed E-state index contributed by atoms with van der Waals surface area (Å²) in [6, 6.07) is 16.4. The number of nitrogens with zero attached hydrogens (tertiary/aromatic N) is 2. The molecule has 0 aliphatic heterocycles. The quantitative estimate of drug-likeness (QED) is 0.232. The minimum atomic E-state index is -4.30. The van der Waals surface area contributed by atoms with E-state index < -0.39 is 28.5 Å². The second-order valence-corrected chi connectivity index (χ2v) is 12.6. The van der Waals surface area contributed by atoms with Crippen LogP contribution in [0.1, 0.15) is 39.2 Å². The zero-order valence-corrected chi connectivity index (χ0v) is 27.2. The van der Waals surface area contributed by atoms with E-state index in [-0.39, 0.29) is 41.2 Å². The molecular weight excluding hydrogens is 613 g/mol. The molecule has 43 heavy (non-hydrogen) atoms. The molecule has 0 radical (unpaired) electrons. The number of anilines is 1. The molecule has 3 aromatic rings. The molecule has 3 aromatic carbocycles. The molecule has 0 unspecified atom stereocenters. The van der Waals surface area contributed by atoms with Gasteiger partial charge in [-0.25, -0.2) is 8.42 Å². The lowest BCUT2D eigenvalue weighted by atomic mass is 10.1. The van der Waals surface area contributed by atoms with Crippen molar-refractivity contribution in [2.24, 2.45) is 0 Å². The Morgan fingerprint density at radius 1 is 0.907 bits per heavy atom. The van der Waals surface area contributed by atoms with E-state index in [0.717, 1.165) is 4.31 Å². The monoisotopic (exact) mass is 649 g/mol. The number of ether oxygens (including phenoxy) is 2. The summed E-state index contributed by atoms with van der Waals surface area (Å²) in [5.74, 6) is -0.364. The largest absolute Gasteiger partial charge is 0.493 e. The van der Waals surface area contributed by atoms with E-state index in [0.29, 0.717) is 27.8 Å². The first kappa shape index (κ1) is 34.0. The number of nitrogens with one attached hydrogen (secondary N) is 1. The van der Waals surface area contributed by atoms with Crippen molar-refractivity contribution in [3.05, 3.63) is 82.3 Å². The number of rotatable bonds is 14. The number of carbonyl (C=O) groups excluding carboxylic acids is 2. The van der Waals surface area contributed by atoms with Gasteiger partial charge in [0.05, 0.1) is 24.8 Å². The Morgan fingerprint density at radius 3 is 2.16 bits per heavy atom. The summed E-state index contributed by atoms with van der Waals surface area (Å²) in [4.78, 5) is 28.9. The van der Waals surface area contributed by atoms with Gasteiger partial charge in [0.2, 0.25) is 11.8 Å². The highest BCUT2D eigenvalue weighted by Crippen LogP contribution is 2.32. The topological polar surface area (TPSA) is 105 Å². The van der Waals surface area contributed by atoms with E-state index in [9.17, 15) is 18.0 Å². The molecular formula is C31H37Cl2N3O6S. The molecule has 2 atom stereocenters. The maximum Gasteiger partial charge on any atom is 0.264 e. The lowest BCUT2D eigenvalue weighted by molar-refractivity contribution is -0.140. The summed E-state index contributed by atoms with van der Waals surface area (Å²) in [5, 5.41) is 3.69. The van der Waals surface area contributed by atoms with Gasteiger partial charge in [0.1, 0.15) is 12.6 Å². The number of sulfonamides is 1. The first-order valence-electron chi connectivity index (χ1n) is 13.8. The molecule has 0 fully saturated rings. The van der Waals surface area contributed by atoms with Crippen LogP contribution in [0.15, 0.2) is 71.6 Å². The summed E-state index contributed by atoms with van der Waals surface area (Å²) < 4.78 is 39.8. The molecule has 12 heteroatoms. The third-order valence-electron chi connectivity index (χ3n) is 7.01. The van der Waals surface area contributed by atoms with Crippen molar-refractivity contribution < 1.29 is 27.5 Å². The number of hydrogen-bond donors (Lipinski definition) is 1. The number of amides is 2. The fourth-order valence-electron chi connectivity index (χ4n) is 4.42. The Labute approximate surface area is 263 Å². The average molecular weight is 651 g/mol. The number of benzene rings is 3. The zero-order valence-electron chi connectivity index (χ0n) is 24.8. The zero-order chi connectivity index (χ0) is 31.7. The van der Waals surface area contributed by atoms with E-state index in [1.54, 1.807) is 55.5 Å². The van der Waals surface area contributed by atoms with Gasteiger partial charge >= 0.3 is 0 Å². The second-order valence-electron chi connectivity index (χ2n) is 9.86. The van der Waals surface area contributed by atoms with Crippen molar-refractivity contribution in [2.75, 3.05) is 25.1 Å². The Balaban J connectivity index is 2.09. The van der Waals surface area contributed by atoms with Gasteiger partial charge in [0.25, 0.3) is 10.0 Å². The molecule has 0 saturated carbocycles. The van der Waals surface area contributed by atoms with Crippen molar-refractivity contribution in [2.45, 2.75) is 57.1 Å². The van der Waals surface area contributed by atoms with E-state index in [4.69, 9.17) is 32.7 Å². The standard InChI is InChI=1S/C31H37Cl2N3O6S/c1-6-21(3)34-31(38)27(7-2)35(19-22-13-14-23(32)17-26(22)33)30(37)20-36(24-11-9-8-10-12-24)43(39,40)25-15-16-28(41-4)29(18-25)42-5/h8-18,21,27H,6-7,19-20H2,1-5H3,(H,34,38)/t21-,27+/m1/s1. The van der Waals surface area contributed by atoms with Crippen LogP contribution < -0.4 is 19.1 Å². The van der Waals surface area contributed by atoms with Crippen LogP contribution in [-0.2, 0) is 26.2 Å². The molecule has 9 nitrogen and oxygen atoms in total. The summed E-state index contributed by atoms with van der Waals surface area (Å²) in [5.41, 5.74) is 0.829. The van der Waals surface area contributed by atoms with Crippen LogP contribution in [0.5, 0.6) is 11.5 Å². The lowest BCUT2D eigenvalue weighted by Gasteiger charge is -2.34. The maximum atomic E-state index is 14.2. The van der Waals surface area contributed by atoms with Crippen molar-refractivity contribution >= 4 is 50.7 Å². The first-order chi connectivity index (χ1) is 20.5. The van der Waals surface area contributed by atoms with Crippen LogP contribution in [0.25, 0.3) is 0 Å². The highest BCUT2D eigenvalue weighted by Gasteiger charge is 2.34. The van der Waals surface area contributed by atoms with Crippen molar-refractivity contribution in [3.63, 3.8) is 0 Å². The second kappa shape index (κ2) is 15.3. The first-order valence-corrected chi connectivity index (χ1v) is 16.0. The SMILES string of the molecule is CC[C@@H](C)NC(=O)[C@H](CC)N(Cc1ccc(Cl)cc1Cl)C(=O)CN(c1ccccc1)S(=O)(=O)c1ccc(OC)c(OC)c1. The summed E-state index contributed by atoms with van der Waals surface area (Å²) in [6.07, 6.45) is 0.984. The van der Waals surface area contributed by atoms with Crippen molar-refractivity contribution in [1.82, 2.24) is 10.2 Å². The van der Waals surface area contributed by atoms with Crippen LogP contribution in [0.4, 0.5) is 5.69 Å². The van der Waals surface area contributed by atoms with Crippen LogP contribution in [-0.4, -0.2) is 58.0 Å². The Kier molecular flexibility index (Phi) is 12.1. The third-order valence-corrected chi connectivity index (χ3v) is 9.37. The normalized spacial score (nSPS) is 12.6. The molecule has 0 saturated heterocycles. The van der Waals surface area contributed by atoms with Crippen LogP contribution in [0, 0.1) is 0 Å². The van der Waals surface area contributed by atoms with Gasteiger partial charge in [-0.1, -0.05) is 61.3 Å². The predicted molar refractivity (Wildman–Crippen MR) is 170 cm³/mol. The molecule has 232 valence electrons. The molecule has 0 spiro atoms. The summed E-state index contributed by atoms with van der Waals surface area (Å²) >= 11 is 12.6. The minimum Gasteiger partial charge on any atom is -0.493 e. The third kappa shape index (κ3) is 8.34. The van der Waals surface area contributed by atoms with Gasteiger partial charge in [-0.05, 0) is 61.7 Å². The van der Waals surface area contributed by atoms with Gasteiger partial charge in [0.15, 0.2) is 11.5 Å². The highest BCUT2D eigenvalue weighted by molar-refractivity contribution is 7.92. The molecule has 1 N–H and O–H groups in total. The van der Waals surface area contributed by atoms with E-state index >= 15 is 0 Å². The Bertz CT molecular complexity index is 1520. The number of carbonyl (C=O) groups is 2. The Hall–Kier alpha value is -3.47. The van der Waals surface area contributed by atoms with E-state index in [2.05, 4.69) is 5.32 Å². The molecule has 0 bridgehead atoms. The van der Waals surface area contributed by atoms with Crippen molar-refractivity contribution in [3.8, 4) is 11.5 Å². The van der Waals surface area contributed by atoms with Gasteiger partial charge in [-0.3, -0.25) is 13.9 Å². The molecule has 3 rings (SSSR count). The van der Waals surface area contributed by atoms with Crippen LogP contribution >= 0.6 is 23.2 Å². The van der Waals surface area contributed by atoms with Crippen molar-refractivity contribution in [1.29, 1.82) is 0 Å². The minimum absolute atomic E-state index is 0.0414. The Morgan fingerprint density at radius 2 is 1.58 bits per heavy atom. The number of halogens is 2. The van der Waals surface area contributed by atoms with E-state index in [1.165, 1.54) is 37.3 Å². The number of para-hydroxylation sites is 1. The number of hydrogen-bond acceptors (Lipinski definition) is 6. The molecule has 0 aromatic heterocycles. The fraction of sp³-hybridized carbons (Fsp3) is 0.355. The van der Waals surface area contributed by atoms with Gasteiger partial charge in [0, 0.05) is 28.7 Å². The average Bonchev–Trinajstić information content (AvgIpc) is 3.00. The van der Waals surface area contributed by atoms with Gasteiger partial charge < -0.3 is 19.7 Å². The highest BCUT2D eigenvalue weighted by atomic mass is 35.5. The number of methoxy groups -OCH3 is 2. The van der Waals surface area contributed by atoms with Gasteiger partial charge in [-0.2, -0.15) is 0 Å². The van der Waals surface area contributed by atoms with E-state index in [1.807, 2.05) is 13.8 Å². The molecule has 2 amide bonds. The summed E-state index contributed by atoms with van der Waals surface area (Å²) in [7, 11) is -1.44. The van der Waals surface area contributed by atoms with Crippen LogP contribution in [0.3, 0.4) is 0 Å². The van der Waals surface area contributed by atoms with Crippen LogP contribution in [0.2, 0.25) is 10.0 Å². The smallest absolute Gasteiger partial charge is 0.264 e. The molecule has 0 aliphatic carbocycles.